The number of halogens is 2. The number of amides is 2. The van der Waals surface area contributed by atoms with Gasteiger partial charge in [0.25, 0.3) is 0 Å². The van der Waals surface area contributed by atoms with Gasteiger partial charge >= 0.3 is 0 Å². The third kappa shape index (κ3) is 6.24. The number of carbonyl (C=O) groups is 3. The second kappa shape index (κ2) is 10.5. The molecular formula is C24H25ClFN3O3. The molecule has 0 spiro atoms. The average Bonchev–Trinajstić information content (AvgIpc) is 2.74. The Labute approximate surface area is 191 Å². The van der Waals surface area contributed by atoms with Crippen LogP contribution in [-0.4, -0.2) is 53.1 Å². The van der Waals surface area contributed by atoms with Gasteiger partial charge in [0.1, 0.15) is 11.9 Å². The van der Waals surface area contributed by atoms with Crippen molar-refractivity contribution in [1.82, 2.24) is 9.80 Å². The third-order valence-electron chi connectivity index (χ3n) is 5.27. The van der Waals surface area contributed by atoms with Crippen LogP contribution in [0.1, 0.15) is 25.0 Å². The number of ketones is 1. The highest BCUT2D eigenvalue weighted by Gasteiger charge is 2.32. The Bertz CT molecular complexity index is 1040. The molecule has 0 bridgehead atoms. The van der Waals surface area contributed by atoms with Crippen molar-refractivity contribution in [2.45, 2.75) is 26.4 Å². The predicted octanol–water partition coefficient (Wildman–Crippen LogP) is 3.75. The van der Waals surface area contributed by atoms with E-state index in [1.54, 1.807) is 41.3 Å². The normalized spacial score (nSPS) is 16.9. The van der Waals surface area contributed by atoms with Crippen molar-refractivity contribution in [1.29, 1.82) is 0 Å². The minimum absolute atomic E-state index is 0.0963. The lowest BCUT2D eigenvalue weighted by atomic mass is 10.1. The first-order valence-corrected chi connectivity index (χ1v) is 10.6. The summed E-state index contributed by atoms with van der Waals surface area (Å²) in [4.78, 5) is 40.3. The van der Waals surface area contributed by atoms with Gasteiger partial charge in [-0.05, 0) is 48.4 Å². The quantitative estimate of drug-likeness (QED) is 0.671. The predicted molar refractivity (Wildman–Crippen MR) is 123 cm³/mol. The number of piperazine rings is 1. The van der Waals surface area contributed by atoms with Crippen molar-refractivity contribution < 1.29 is 18.8 Å². The molecule has 1 atom stereocenters. The average molecular weight is 458 g/mol. The highest BCUT2D eigenvalue weighted by molar-refractivity contribution is 6.31. The third-order valence-corrected chi connectivity index (χ3v) is 5.50. The molecule has 168 valence electrons. The number of benzene rings is 2. The number of hydrogen-bond donors (Lipinski definition) is 1. The zero-order valence-electron chi connectivity index (χ0n) is 18.0. The minimum atomic E-state index is -0.568. The smallest absolute Gasteiger partial charge is 0.247 e. The van der Waals surface area contributed by atoms with E-state index < -0.39 is 6.04 Å². The maximum atomic E-state index is 13.1. The van der Waals surface area contributed by atoms with Crippen LogP contribution in [0.3, 0.4) is 0 Å². The molecule has 6 nitrogen and oxygen atoms in total. The van der Waals surface area contributed by atoms with Gasteiger partial charge in [0.2, 0.25) is 11.8 Å². The van der Waals surface area contributed by atoms with E-state index in [2.05, 4.69) is 10.2 Å². The van der Waals surface area contributed by atoms with E-state index in [9.17, 15) is 18.8 Å². The number of rotatable bonds is 6. The summed E-state index contributed by atoms with van der Waals surface area (Å²) in [5.74, 6) is -0.918. The summed E-state index contributed by atoms with van der Waals surface area (Å²) in [7, 11) is 0. The molecule has 1 saturated heterocycles. The maximum Gasteiger partial charge on any atom is 0.247 e. The molecule has 8 heteroatoms. The Hall–Kier alpha value is -3.03. The topological polar surface area (TPSA) is 69.7 Å². The number of Topliss-reactive ketones (excluding diaryl/α,β-unsaturated/α-hetero) is 1. The Morgan fingerprint density at radius 3 is 2.50 bits per heavy atom. The summed E-state index contributed by atoms with van der Waals surface area (Å²) in [6, 6.07) is 10.7. The molecule has 1 N–H and O–H groups in total. The molecule has 32 heavy (non-hydrogen) atoms. The zero-order chi connectivity index (χ0) is 23.3. The number of anilines is 1. The Morgan fingerprint density at radius 2 is 1.84 bits per heavy atom. The van der Waals surface area contributed by atoms with E-state index in [-0.39, 0.29) is 23.4 Å². The molecule has 2 aromatic carbocycles. The molecule has 1 aliphatic heterocycles. The molecule has 0 unspecified atom stereocenters. The van der Waals surface area contributed by atoms with Gasteiger partial charge in [0, 0.05) is 49.9 Å². The lowest BCUT2D eigenvalue weighted by molar-refractivity contribution is -0.138. The molecule has 1 fully saturated rings. The van der Waals surface area contributed by atoms with Crippen LogP contribution in [0.5, 0.6) is 0 Å². The Kier molecular flexibility index (Phi) is 7.77. The van der Waals surface area contributed by atoms with E-state index in [4.69, 9.17) is 11.6 Å². The van der Waals surface area contributed by atoms with Crippen LogP contribution in [0.2, 0.25) is 5.02 Å². The molecule has 1 aliphatic rings. The van der Waals surface area contributed by atoms with Gasteiger partial charge in [-0.2, -0.15) is 0 Å². The summed E-state index contributed by atoms with van der Waals surface area (Å²) < 4.78 is 13.1. The van der Waals surface area contributed by atoms with Crippen molar-refractivity contribution >= 4 is 41.0 Å². The summed E-state index contributed by atoms with van der Waals surface area (Å²) >= 11 is 6.01. The fraction of sp³-hybridized carbons (Fsp3) is 0.292. The summed E-state index contributed by atoms with van der Waals surface area (Å²) in [5.41, 5.74) is 2.08. The van der Waals surface area contributed by atoms with Crippen LogP contribution in [-0.2, 0) is 20.9 Å². The van der Waals surface area contributed by atoms with Gasteiger partial charge in [-0.3, -0.25) is 19.3 Å². The summed E-state index contributed by atoms with van der Waals surface area (Å²) in [6.07, 6.45) is 3.01. The van der Waals surface area contributed by atoms with Crippen LogP contribution in [0.15, 0.2) is 48.5 Å². The molecule has 2 aromatic rings. The van der Waals surface area contributed by atoms with E-state index in [0.717, 1.165) is 5.56 Å². The van der Waals surface area contributed by atoms with Crippen molar-refractivity contribution in [3.63, 3.8) is 0 Å². The molecule has 0 aromatic heterocycles. The second-order valence-corrected chi connectivity index (χ2v) is 8.20. The van der Waals surface area contributed by atoms with Crippen LogP contribution >= 0.6 is 11.6 Å². The van der Waals surface area contributed by atoms with Gasteiger partial charge in [0.05, 0.1) is 0 Å². The van der Waals surface area contributed by atoms with E-state index in [1.165, 1.54) is 32.1 Å². The van der Waals surface area contributed by atoms with E-state index >= 15 is 0 Å². The van der Waals surface area contributed by atoms with Crippen LogP contribution < -0.4 is 5.32 Å². The number of nitrogens with zero attached hydrogens (tertiary/aromatic N) is 2. The zero-order valence-corrected chi connectivity index (χ0v) is 18.7. The highest BCUT2D eigenvalue weighted by atomic mass is 35.5. The van der Waals surface area contributed by atoms with E-state index in [1.807, 2.05) is 0 Å². The van der Waals surface area contributed by atoms with Gasteiger partial charge in [0.15, 0.2) is 5.78 Å². The fourth-order valence-electron chi connectivity index (χ4n) is 3.67. The summed E-state index contributed by atoms with van der Waals surface area (Å²) in [6.45, 7) is 4.84. The standard InChI is InChI=1S/C24H25ClFN3O3/c1-16(30)23-15-28(14-18-3-8-21(26)9-4-18)11-12-29(23)24(32)10-6-19-5-7-20(25)13-22(19)27-17(2)31/h3-10,13,23H,11-12,14-15H2,1-2H3,(H,27,31)/t23-/m0/s1. The van der Waals surface area contributed by atoms with Gasteiger partial charge in [-0.25, -0.2) is 4.39 Å². The lowest BCUT2D eigenvalue weighted by Gasteiger charge is -2.40. The second-order valence-electron chi connectivity index (χ2n) is 7.77. The maximum absolute atomic E-state index is 13.1. The molecule has 0 radical (unpaired) electrons. The SMILES string of the molecule is CC(=O)Nc1cc(Cl)ccc1C=CC(=O)N1CCN(Cc2ccc(F)cc2)C[C@H]1C(C)=O. The largest absolute Gasteiger partial charge is 0.327 e. The fourth-order valence-corrected chi connectivity index (χ4v) is 3.84. The molecular weight excluding hydrogens is 433 g/mol. The van der Waals surface area contributed by atoms with Crippen molar-refractivity contribution in [2.24, 2.45) is 0 Å². The first kappa shape index (κ1) is 23.6. The Balaban J connectivity index is 1.70. The van der Waals surface area contributed by atoms with Crippen LogP contribution in [0, 0.1) is 5.82 Å². The first-order chi connectivity index (χ1) is 15.2. The number of nitrogens with one attached hydrogen (secondary N) is 1. The van der Waals surface area contributed by atoms with Crippen molar-refractivity contribution in [3.05, 3.63) is 70.5 Å². The van der Waals surface area contributed by atoms with Crippen LogP contribution in [0.4, 0.5) is 10.1 Å². The lowest BCUT2D eigenvalue weighted by Crippen LogP contribution is -2.57. The first-order valence-electron chi connectivity index (χ1n) is 10.3. The van der Waals surface area contributed by atoms with Crippen molar-refractivity contribution in [3.8, 4) is 0 Å². The van der Waals surface area contributed by atoms with Crippen molar-refractivity contribution in [2.75, 3.05) is 25.0 Å². The monoisotopic (exact) mass is 457 g/mol. The molecule has 0 saturated carbocycles. The highest BCUT2D eigenvalue weighted by Crippen LogP contribution is 2.23. The number of carbonyl (C=O) groups excluding carboxylic acids is 3. The molecule has 3 rings (SSSR count). The molecule has 1 heterocycles. The van der Waals surface area contributed by atoms with Crippen LogP contribution in [0.25, 0.3) is 6.08 Å². The van der Waals surface area contributed by atoms with Gasteiger partial charge in [-0.1, -0.05) is 29.8 Å². The molecule has 0 aliphatic carbocycles. The minimum Gasteiger partial charge on any atom is -0.327 e. The van der Waals surface area contributed by atoms with Gasteiger partial charge < -0.3 is 10.2 Å². The van der Waals surface area contributed by atoms with E-state index in [0.29, 0.717) is 42.5 Å². The van der Waals surface area contributed by atoms with Gasteiger partial charge in [-0.15, -0.1) is 0 Å². The molecule has 2 amide bonds. The Morgan fingerprint density at radius 1 is 1.12 bits per heavy atom. The number of hydrogen-bond acceptors (Lipinski definition) is 4. The summed E-state index contributed by atoms with van der Waals surface area (Å²) in [5, 5.41) is 3.16.